The highest BCUT2D eigenvalue weighted by molar-refractivity contribution is 5.99. The van der Waals surface area contributed by atoms with E-state index in [9.17, 15) is 4.79 Å². The van der Waals surface area contributed by atoms with Crippen LogP contribution in [0.15, 0.2) is 24.3 Å². The van der Waals surface area contributed by atoms with E-state index < -0.39 is 0 Å². The van der Waals surface area contributed by atoms with Crippen LogP contribution in [0.4, 0.5) is 0 Å². The van der Waals surface area contributed by atoms with Gasteiger partial charge in [-0.05, 0) is 31.2 Å². The molecule has 1 rings (SSSR count). The number of ether oxygens (including phenoxy) is 1. The molecule has 0 aliphatic carbocycles. The van der Waals surface area contributed by atoms with Gasteiger partial charge in [0, 0.05) is 12.5 Å². The Bertz CT molecular complexity index is 262. The maximum Gasteiger partial charge on any atom is 0.163 e. The highest BCUT2D eigenvalue weighted by atomic mass is 16.5. The molecule has 0 aromatic heterocycles. The van der Waals surface area contributed by atoms with Crippen molar-refractivity contribution in [2.24, 2.45) is 0 Å². The highest BCUT2D eigenvalue weighted by Crippen LogP contribution is 2.11. The van der Waals surface area contributed by atoms with Gasteiger partial charge in [-0.3, -0.25) is 4.79 Å². The number of benzene rings is 1. The van der Waals surface area contributed by atoms with E-state index in [1.54, 1.807) is 24.3 Å². The minimum Gasteiger partial charge on any atom is -0.494 e. The second kappa shape index (κ2) is 3.90. The van der Waals surface area contributed by atoms with Gasteiger partial charge in [0.15, 0.2) is 5.78 Å². The zero-order valence-electron chi connectivity index (χ0n) is 7.04. The molecule has 0 saturated heterocycles. The lowest BCUT2D eigenvalue weighted by Crippen LogP contribution is -1.94. The van der Waals surface area contributed by atoms with Crippen LogP contribution in [0.25, 0.3) is 0 Å². The summed E-state index contributed by atoms with van der Waals surface area (Å²) in [4.78, 5) is 10.8. The quantitative estimate of drug-likeness (QED) is 0.638. The van der Waals surface area contributed by atoms with Gasteiger partial charge in [0.1, 0.15) is 5.75 Å². The molecule has 1 aromatic carbocycles. The average Bonchev–Trinajstić information content (AvgIpc) is 2.06. The van der Waals surface area contributed by atoms with Gasteiger partial charge in [0.25, 0.3) is 0 Å². The van der Waals surface area contributed by atoms with Gasteiger partial charge in [-0.25, -0.2) is 0 Å². The molecule has 2 nitrogen and oxygen atoms in total. The van der Waals surface area contributed by atoms with Crippen LogP contribution in [0.5, 0.6) is 5.75 Å². The first kappa shape index (κ1) is 8.78. The Kier molecular flexibility index (Phi) is 2.86. The number of rotatable bonds is 3. The summed E-state index contributed by atoms with van der Waals surface area (Å²) in [5.74, 6) is 0.612. The molecule has 63 valence electrons. The SMILES string of the molecule is [CH2]C(=O)c1ccc(OCC)cc1. The molecule has 0 bridgehead atoms. The molecule has 1 radical (unpaired) electrons. The summed E-state index contributed by atoms with van der Waals surface area (Å²) in [5.41, 5.74) is 0.610. The monoisotopic (exact) mass is 163 g/mol. The van der Waals surface area contributed by atoms with Gasteiger partial charge in [-0.2, -0.15) is 0 Å². The molecule has 0 N–H and O–H groups in total. The Morgan fingerprint density at radius 2 is 2.00 bits per heavy atom. The number of carbonyl (C=O) groups excluding carboxylic acids is 1. The first-order valence-corrected chi connectivity index (χ1v) is 3.83. The lowest BCUT2D eigenvalue weighted by atomic mass is 10.1. The Labute approximate surface area is 72.2 Å². The highest BCUT2D eigenvalue weighted by Gasteiger charge is 1.98. The zero-order valence-corrected chi connectivity index (χ0v) is 7.04. The smallest absolute Gasteiger partial charge is 0.163 e. The molecular formula is C10H11O2. The van der Waals surface area contributed by atoms with Gasteiger partial charge in [0.2, 0.25) is 0 Å². The average molecular weight is 163 g/mol. The van der Waals surface area contributed by atoms with E-state index in [1.807, 2.05) is 6.92 Å². The van der Waals surface area contributed by atoms with E-state index in [0.29, 0.717) is 12.2 Å². The normalized spacial score (nSPS) is 9.50. The third-order valence-corrected chi connectivity index (χ3v) is 1.49. The van der Waals surface area contributed by atoms with Gasteiger partial charge < -0.3 is 4.74 Å². The van der Waals surface area contributed by atoms with Crippen molar-refractivity contribution in [3.63, 3.8) is 0 Å². The van der Waals surface area contributed by atoms with E-state index >= 15 is 0 Å². The minimum atomic E-state index is -0.168. The van der Waals surface area contributed by atoms with Crippen LogP contribution in [-0.4, -0.2) is 12.4 Å². The third kappa shape index (κ3) is 2.09. The second-order valence-corrected chi connectivity index (χ2v) is 2.38. The number of hydrogen-bond acceptors (Lipinski definition) is 2. The van der Waals surface area contributed by atoms with Crippen LogP contribution >= 0.6 is 0 Å². The van der Waals surface area contributed by atoms with Crippen molar-refractivity contribution >= 4 is 5.78 Å². The number of Topliss-reactive ketones (excluding diaryl/α,β-unsaturated/α-hetero) is 1. The fourth-order valence-corrected chi connectivity index (χ4v) is 0.904. The fraction of sp³-hybridized carbons (Fsp3) is 0.200. The van der Waals surface area contributed by atoms with Crippen LogP contribution in [0, 0.1) is 6.92 Å². The van der Waals surface area contributed by atoms with Crippen molar-refractivity contribution in [2.75, 3.05) is 6.61 Å². The van der Waals surface area contributed by atoms with E-state index in [1.165, 1.54) is 0 Å². The van der Waals surface area contributed by atoms with Crippen LogP contribution in [0.3, 0.4) is 0 Å². The first-order valence-electron chi connectivity index (χ1n) is 3.83. The molecule has 2 heteroatoms. The maximum atomic E-state index is 10.8. The van der Waals surface area contributed by atoms with E-state index in [2.05, 4.69) is 6.92 Å². The predicted octanol–water partition coefficient (Wildman–Crippen LogP) is 2.10. The molecule has 0 unspecified atom stereocenters. The van der Waals surface area contributed by atoms with Crippen LogP contribution in [0.2, 0.25) is 0 Å². The van der Waals surface area contributed by atoms with E-state index in [4.69, 9.17) is 4.74 Å². The Morgan fingerprint density at radius 1 is 1.42 bits per heavy atom. The van der Waals surface area contributed by atoms with Crippen molar-refractivity contribution in [3.05, 3.63) is 36.8 Å². The van der Waals surface area contributed by atoms with Crippen molar-refractivity contribution in [1.82, 2.24) is 0 Å². The lowest BCUT2D eigenvalue weighted by Gasteiger charge is -2.02. The van der Waals surface area contributed by atoms with Crippen molar-refractivity contribution < 1.29 is 9.53 Å². The van der Waals surface area contributed by atoms with Crippen molar-refractivity contribution in [1.29, 1.82) is 0 Å². The minimum absolute atomic E-state index is 0.168. The van der Waals surface area contributed by atoms with E-state index in [-0.39, 0.29) is 5.78 Å². The molecule has 12 heavy (non-hydrogen) atoms. The molecule has 0 aliphatic heterocycles. The Hall–Kier alpha value is -1.31. The standard InChI is InChI=1S/C10H11O2/c1-3-12-10-6-4-9(5-7-10)8(2)11/h4-7H,2-3H2,1H3. The third-order valence-electron chi connectivity index (χ3n) is 1.49. The lowest BCUT2D eigenvalue weighted by molar-refractivity contribution is 0.104. The summed E-state index contributed by atoms with van der Waals surface area (Å²) in [5, 5.41) is 0. The molecule has 0 atom stereocenters. The number of carbonyl (C=O) groups is 1. The van der Waals surface area contributed by atoms with Crippen LogP contribution in [0.1, 0.15) is 17.3 Å². The van der Waals surface area contributed by atoms with Crippen molar-refractivity contribution in [2.45, 2.75) is 6.92 Å². The predicted molar refractivity (Wildman–Crippen MR) is 47.3 cm³/mol. The first-order chi connectivity index (χ1) is 5.74. The molecule has 0 amide bonds. The molecule has 0 fully saturated rings. The summed E-state index contributed by atoms with van der Waals surface area (Å²) >= 11 is 0. The summed E-state index contributed by atoms with van der Waals surface area (Å²) in [6, 6.07) is 6.95. The molecule has 1 aromatic rings. The second-order valence-electron chi connectivity index (χ2n) is 2.38. The molecule has 0 heterocycles. The summed E-state index contributed by atoms with van der Waals surface area (Å²) < 4.78 is 5.21. The van der Waals surface area contributed by atoms with Crippen LogP contribution in [-0.2, 0) is 0 Å². The molecule has 0 saturated carbocycles. The van der Waals surface area contributed by atoms with Gasteiger partial charge in [-0.1, -0.05) is 0 Å². The topological polar surface area (TPSA) is 26.3 Å². The van der Waals surface area contributed by atoms with Crippen molar-refractivity contribution in [3.8, 4) is 5.75 Å². The Morgan fingerprint density at radius 3 is 2.42 bits per heavy atom. The largest absolute Gasteiger partial charge is 0.494 e. The van der Waals surface area contributed by atoms with Gasteiger partial charge in [0.05, 0.1) is 6.61 Å². The van der Waals surface area contributed by atoms with Gasteiger partial charge >= 0.3 is 0 Å². The van der Waals surface area contributed by atoms with Gasteiger partial charge in [-0.15, -0.1) is 0 Å². The molecular weight excluding hydrogens is 152 g/mol. The van der Waals surface area contributed by atoms with Crippen LogP contribution < -0.4 is 4.74 Å². The molecule has 0 aliphatic rings. The summed E-state index contributed by atoms with van der Waals surface area (Å²) in [6.07, 6.45) is 0. The van der Waals surface area contributed by atoms with E-state index in [0.717, 1.165) is 5.75 Å². The molecule has 0 spiro atoms. The summed E-state index contributed by atoms with van der Waals surface area (Å²) in [6.45, 7) is 5.86. The number of hydrogen-bond donors (Lipinski definition) is 0. The number of ketones is 1. The maximum absolute atomic E-state index is 10.8. The summed E-state index contributed by atoms with van der Waals surface area (Å²) in [7, 11) is 0. The fourth-order valence-electron chi connectivity index (χ4n) is 0.904. The zero-order chi connectivity index (χ0) is 8.97. The Balaban J connectivity index is 2.78.